The van der Waals surface area contributed by atoms with Crippen molar-refractivity contribution in [2.75, 3.05) is 13.7 Å². The maximum atomic E-state index is 11.8. The second-order valence-electron chi connectivity index (χ2n) is 6.21. The Hall–Kier alpha value is -3.51. The number of carbonyl (C=O) groups is 1. The lowest BCUT2D eigenvalue weighted by Gasteiger charge is -2.08. The summed E-state index contributed by atoms with van der Waals surface area (Å²) in [6.07, 6.45) is 1.54. The van der Waals surface area contributed by atoms with Gasteiger partial charge in [-0.15, -0.1) is 0 Å². The van der Waals surface area contributed by atoms with Crippen LogP contribution in [-0.4, -0.2) is 25.8 Å². The van der Waals surface area contributed by atoms with Gasteiger partial charge in [-0.3, -0.25) is 4.79 Å². The second kappa shape index (κ2) is 10.9. The van der Waals surface area contributed by atoms with Crippen LogP contribution in [0.2, 0.25) is 5.02 Å². The first-order valence-corrected chi connectivity index (χ1v) is 9.57. The molecule has 3 rings (SSSR count). The molecule has 0 bridgehead atoms. The highest BCUT2D eigenvalue weighted by Gasteiger charge is 2.02. The summed E-state index contributed by atoms with van der Waals surface area (Å²) < 4.78 is 16.2. The third-order valence-electron chi connectivity index (χ3n) is 4.06. The number of benzene rings is 3. The Labute approximate surface area is 180 Å². The average molecular weight is 425 g/mol. The van der Waals surface area contributed by atoms with E-state index in [1.165, 1.54) is 0 Å². The highest BCUT2D eigenvalue weighted by molar-refractivity contribution is 6.31. The van der Waals surface area contributed by atoms with E-state index in [1.807, 2.05) is 48.5 Å². The first kappa shape index (κ1) is 21.2. The van der Waals surface area contributed by atoms with Crippen LogP contribution in [0.3, 0.4) is 0 Å². The maximum absolute atomic E-state index is 11.8. The van der Waals surface area contributed by atoms with Crippen molar-refractivity contribution in [3.63, 3.8) is 0 Å². The van der Waals surface area contributed by atoms with Gasteiger partial charge in [-0.05, 0) is 60.2 Å². The molecule has 0 saturated carbocycles. The number of halogens is 1. The van der Waals surface area contributed by atoms with Gasteiger partial charge >= 0.3 is 0 Å². The van der Waals surface area contributed by atoms with E-state index in [2.05, 4.69) is 10.5 Å². The van der Waals surface area contributed by atoms with E-state index in [4.69, 9.17) is 25.8 Å². The van der Waals surface area contributed by atoms with Gasteiger partial charge in [0, 0.05) is 10.6 Å². The van der Waals surface area contributed by atoms with Gasteiger partial charge in [0.15, 0.2) is 6.61 Å². The molecular weight excluding hydrogens is 404 g/mol. The lowest BCUT2D eigenvalue weighted by atomic mass is 10.2. The predicted octanol–water partition coefficient (Wildman–Crippen LogP) is 4.46. The predicted molar refractivity (Wildman–Crippen MR) is 116 cm³/mol. The third-order valence-corrected chi connectivity index (χ3v) is 4.43. The van der Waals surface area contributed by atoms with E-state index in [-0.39, 0.29) is 12.5 Å². The monoisotopic (exact) mass is 424 g/mol. The number of rotatable bonds is 9. The number of hydrogen-bond acceptors (Lipinski definition) is 5. The largest absolute Gasteiger partial charge is 0.497 e. The van der Waals surface area contributed by atoms with Crippen molar-refractivity contribution < 1.29 is 19.0 Å². The Bertz CT molecular complexity index is 989. The van der Waals surface area contributed by atoms with Crippen molar-refractivity contribution in [1.82, 2.24) is 5.43 Å². The lowest BCUT2D eigenvalue weighted by molar-refractivity contribution is -0.123. The van der Waals surface area contributed by atoms with Gasteiger partial charge in [-0.1, -0.05) is 29.8 Å². The minimum absolute atomic E-state index is 0.140. The minimum atomic E-state index is -0.359. The molecule has 0 aliphatic rings. The molecule has 154 valence electrons. The van der Waals surface area contributed by atoms with E-state index in [0.29, 0.717) is 23.1 Å². The molecule has 0 heterocycles. The van der Waals surface area contributed by atoms with E-state index in [0.717, 1.165) is 16.9 Å². The summed E-state index contributed by atoms with van der Waals surface area (Å²) in [6, 6.07) is 21.8. The molecule has 3 aromatic carbocycles. The number of carbonyl (C=O) groups excluding carboxylic acids is 1. The van der Waals surface area contributed by atoms with Crippen LogP contribution in [0.4, 0.5) is 0 Å². The highest BCUT2D eigenvalue weighted by Crippen LogP contribution is 2.19. The van der Waals surface area contributed by atoms with Crippen LogP contribution in [0, 0.1) is 0 Å². The first-order valence-electron chi connectivity index (χ1n) is 9.19. The number of hydrogen-bond donors (Lipinski definition) is 1. The third kappa shape index (κ3) is 6.53. The molecule has 0 fully saturated rings. The Balaban J connectivity index is 1.42. The molecule has 0 aromatic heterocycles. The summed E-state index contributed by atoms with van der Waals surface area (Å²) in [4.78, 5) is 11.8. The van der Waals surface area contributed by atoms with Crippen LogP contribution in [0.5, 0.6) is 17.2 Å². The number of methoxy groups -OCH3 is 1. The van der Waals surface area contributed by atoms with Crippen LogP contribution < -0.4 is 19.6 Å². The summed E-state index contributed by atoms with van der Waals surface area (Å²) in [5, 5.41) is 4.61. The van der Waals surface area contributed by atoms with Crippen molar-refractivity contribution in [2.24, 2.45) is 5.10 Å². The van der Waals surface area contributed by atoms with E-state index in [1.54, 1.807) is 37.6 Å². The quantitative estimate of drug-likeness (QED) is 0.407. The van der Waals surface area contributed by atoms with Gasteiger partial charge in [-0.2, -0.15) is 5.10 Å². The zero-order valence-electron chi connectivity index (χ0n) is 16.4. The molecule has 0 spiro atoms. The molecule has 1 N–H and O–H groups in total. The molecule has 0 aliphatic carbocycles. The Kier molecular flexibility index (Phi) is 7.69. The summed E-state index contributed by atoms with van der Waals surface area (Å²) in [6.45, 7) is 0.246. The summed E-state index contributed by atoms with van der Waals surface area (Å²) >= 11 is 6.12. The molecular formula is C23H21ClN2O4. The van der Waals surface area contributed by atoms with Crippen molar-refractivity contribution in [3.8, 4) is 17.2 Å². The molecule has 7 heteroatoms. The standard InChI is InChI=1S/C23H21ClN2O4/c1-28-19-10-12-21(13-11-19)30-16-23(27)26-25-14-17-6-8-20(9-7-17)29-15-18-4-2-3-5-22(18)24/h2-14H,15-16H2,1H3,(H,26,27)/b25-14+. The highest BCUT2D eigenvalue weighted by atomic mass is 35.5. The number of nitrogens with one attached hydrogen (secondary N) is 1. The molecule has 30 heavy (non-hydrogen) atoms. The fourth-order valence-corrected chi connectivity index (χ4v) is 2.65. The molecule has 0 saturated heterocycles. The van der Waals surface area contributed by atoms with Crippen LogP contribution in [0.1, 0.15) is 11.1 Å². The van der Waals surface area contributed by atoms with Crippen molar-refractivity contribution >= 4 is 23.7 Å². The second-order valence-corrected chi connectivity index (χ2v) is 6.61. The van der Waals surface area contributed by atoms with Crippen LogP contribution in [0.25, 0.3) is 0 Å². The minimum Gasteiger partial charge on any atom is -0.497 e. The van der Waals surface area contributed by atoms with Gasteiger partial charge in [0.2, 0.25) is 0 Å². The van der Waals surface area contributed by atoms with Crippen LogP contribution >= 0.6 is 11.6 Å². The molecule has 0 radical (unpaired) electrons. The average Bonchev–Trinajstić information content (AvgIpc) is 2.78. The van der Waals surface area contributed by atoms with E-state index >= 15 is 0 Å². The van der Waals surface area contributed by atoms with Gasteiger partial charge in [0.05, 0.1) is 13.3 Å². The van der Waals surface area contributed by atoms with Gasteiger partial charge in [-0.25, -0.2) is 5.43 Å². The van der Waals surface area contributed by atoms with E-state index in [9.17, 15) is 4.79 Å². The molecule has 1 amide bonds. The van der Waals surface area contributed by atoms with Crippen LogP contribution in [-0.2, 0) is 11.4 Å². The smallest absolute Gasteiger partial charge is 0.277 e. The number of ether oxygens (including phenoxy) is 3. The molecule has 6 nitrogen and oxygen atoms in total. The topological polar surface area (TPSA) is 69.2 Å². The number of amides is 1. The van der Waals surface area contributed by atoms with Crippen LogP contribution in [0.15, 0.2) is 77.9 Å². The SMILES string of the molecule is COc1ccc(OCC(=O)N/N=C/c2ccc(OCc3ccccc3Cl)cc2)cc1. The zero-order valence-corrected chi connectivity index (χ0v) is 17.1. The molecule has 3 aromatic rings. The fraction of sp³-hybridized carbons (Fsp3) is 0.130. The normalized spacial score (nSPS) is 10.6. The van der Waals surface area contributed by atoms with E-state index < -0.39 is 0 Å². The summed E-state index contributed by atoms with van der Waals surface area (Å²) in [5.74, 6) is 1.64. The van der Waals surface area contributed by atoms with Gasteiger partial charge in [0.25, 0.3) is 5.91 Å². The zero-order chi connectivity index (χ0) is 21.2. The Morgan fingerprint density at radius 3 is 2.27 bits per heavy atom. The van der Waals surface area contributed by atoms with Crippen molar-refractivity contribution in [3.05, 3.63) is 88.9 Å². The molecule has 0 unspecified atom stereocenters. The number of nitrogens with zero attached hydrogens (tertiary/aromatic N) is 1. The lowest BCUT2D eigenvalue weighted by Crippen LogP contribution is -2.24. The number of hydrazone groups is 1. The Morgan fingerprint density at radius 2 is 1.57 bits per heavy atom. The molecule has 0 aliphatic heterocycles. The maximum Gasteiger partial charge on any atom is 0.277 e. The first-order chi connectivity index (χ1) is 14.6. The van der Waals surface area contributed by atoms with Gasteiger partial charge < -0.3 is 14.2 Å². The fourth-order valence-electron chi connectivity index (χ4n) is 2.46. The van der Waals surface area contributed by atoms with Crippen molar-refractivity contribution in [1.29, 1.82) is 0 Å². The Morgan fingerprint density at radius 1 is 0.933 bits per heavy atom. The summed E-state index contributed by atoms with van der Waals surface area (Å²) in [5.41, 5.74) is 4.16. The summed E-state index contributed by atoms with van der Waals surface area (Å²) in [7, 11) is 1.59. The molecule has 0 atom stereocenters. The van der Waals surface area contributed by atoms with Gasteiger partial charge in [0.1, 0.15) is 23.9 Å². The van der Waals surface area contributed by atoms with Crippen molar-refractivity contribution in [2.45, 2.75) is 6.61 Å².